The highest BCUT2D eigenvalue weighted by Crippen LogP contribution is 2.13. The van der Waals surface area contributed by atoms with Crippen molar-refractivity contribution in [2.45, 2.75) is 26.1 Å². The molecule has 1 unspecified atom stereocenters. The first kappa shape index (κ1) is 21.5. The van der Waals surface area contributed by atoms with E-state index >= 15 is 0 Å². The maximum Gasteiger partial charge on any atom is 0.270 e. The summed E-state index contributed by atoms with van der Waals surface area (Å²) in [5, 5.41) is 6.34. The predicted octanol–water partition coefficient (Wildman–Crippen LogP) is 3.12. The Bertz CT molecular complexity index is 1520. The van der Waals surface area contributed by atoms with Gasteiger partial charge in [0.05, 0.1) is 12.2 Å². The van der Waals surface area contributed by atoms with Crippen LogP contribution in [0.1, 0.15) is 40.3 Å². The first-order valence-corrected chi connectivity index (χ1v) is 11.1. The van der Waals surface area contributed by atoms with Gasteiger partial charge in [-0.05, 0) is 36.2 Å². The average molecular weight is 453 g/mol. The Morgan fingerprint density at radius 3 is 2.62 bits per heavy atom. The molecule has 8 heteroatoms. The predicted molar refractivity (Wildman–Crippen MR) is 130 cm³/mol. The van der Waals surface area contributed by atoms with Crippen molar-refractivity contribution in [3.8, 4) is 0 Å². The molecule has 34 heavy (non-hydrogen) atoms. The Hall–Kier alpha value is -4.30. The summed E-state index contributed by atoms with van der Waals surface area (Å²) in [6, 6.07) is 21.0. The Morgan fingerprint density at radius 2 is 1.76 bits per heavy atom. The van der Waals surface area contributed by atoms with E-state index < -0.39 is 5.91 Å². The minimum atomic E-state index is -0.416. The molecule has 0 aliphatic rings. The van der Waals surface area contributed by atoms with Crippen LogP contribution in [-0.2, 0) is 13.1 Å². The van der Waals surface area contributed by atoms with E-state index in [1.54, 1.807) is 24.4 Å². The van der Waals surface area contributed by atoms with Crippen molar-refractivity contribution in [3.05, 3.63) is 118 Å². The Balaban J connectivity index is 1.24. The van der Waals surface area contributed by atoms with E-state index in [0.29, 0.717) is 11.3 Å². The van der Waals surface area contributed by atoms with Gasteiger partial charge in [-0.3, -0.25) is 14.0 Å². The summed E-state index contributed by atoms with van der Waals surface area (Å²) in [6.45, 7) is 3.10. The molecule has 0 saturated carbocycles. The van der Waals surface area contributed by atoms with Crippen LogP contribution in [0.5, 0.6) is 0 Å². The number of aromatic nitrogens is 4. The van der Waals surface area contributed by atoms with E-state index in [2.05, 4.69) is 39.7 Å². The molecular formula is C26H24N6O2. The summed E-state index contributed by atoms with van der Waals surface area (Å²) in [4.78, 5) is 33.7. The number of nitrogens with one attached hydrogen (secondary N) is 2. The summed E-state index contributed by atoms with van der Waals surface area (Å²) in [7, 11) is 0. The molecule has 5 aromatic rings. The molecular weight excluding hydrogens is 428 g/mol. The first-order chi connectivity index (χ1) is 16.6. The van der Waals surface area contributed by atoms with E-state index in [4.69, 9.17) is 0 Å². The van der Waals surface area contributed by atoms with Gasteiger partial charge in [0, 0.05) is 37.2 Å². The van der Waals surface area contributed by atoms with Gasteiger partial charge >= 0.3 is 0 Å². The molecule has 8 nitrogen and oxygen atoms in total. The van der Waals surface area contributed by atoms with E-state index in [1.165, 1.54) is 16.0 Å². The van der Waals surface area contributed by atoms with Crippen molar-refractivity contribution in [1.29, 1.82) is 0 Å². The highest BCUT2D eigenvalue weighted by Gasteiger charge is 2.12. The average Bonchev–Trinajstić information content (AvgIpc) is 3.28. The zero-order valence-corrected chi connectivity index (χ0v) is 18.7. The van der Waals surface area contributed by atoms with E-state index in [0.717, 1.165) is 17.8 Å². The summed E-state index contributed by atoms with van der Waals surface area (Å²) in [5.74, 6) is -0.416. The highest BCUT2D eigenvalue weighted by molar-refractivity contribution is 5.92. The van der Waals surface area contributed by atoms with Crippen molar-refractivity contribution < 1.29 is 4.79 Å². The van der Waals surface area contributed by atoms with Gasteiger partial charge in [-0.15, -0.1) is 0 Å². The summed E-state index contributed by atoms with van der Waals surface area (Å²) in [6.07, 6.45) is 5.54. The Kier molecular flexibility index (Phi) is 5.88. The lowest BCUT2D eigenvalue weighted by Crippen LogP contribution is -2.27. The van der Waals surface area contributed by atoms with Crippen LogP contribution in [0.15, 0.2) is 90.1 Å². The van der Waals surface area contributed by atoms with Gasteiger partial charge in [0.15, 0.2) is 0 Å². The second-order valence-corrected chi connectivity index (χ2v) is 8.14. The molecule has 0 fully saturated rings. The van der Waals surface area contributed by atoms with Crippen molar-refractivity contribution in [2.24, 2.45) is 0 Å². The molecule has 0 aliphatic carbocycles. The summed E-state index contributed by atoms with van der Waals surface area (Å²) < 4.78 is 3.35. The zero-order valence-electron chi connectivity index (χ0n) is 18.7. The number of benzene rings is 1. The molecule has 2 N–H and O–H groups in total. The standard InChI is InChI=1S/C26H24N6O2/c1-18(20-7-3-2-4-8-20)27-14-19-10-11-23-29-21(17-31(23)16-19)15-28-26(34)22-13-25(33)32-12-6-5-9-24(32)30-22/h2-13,16-18,27H,14-15H2,1H3,(H,28,34). The topological polar surface area (TPSA) is 92.8 Å². The molecule has 1 amide bonds. The molecule has 1 atom stereocenters. The fourth-order valence-electron chi connectivity index (χ4n) is 3.84. The van der Waals surface area contributed by atoms with Gasteiger partial charge in [0.25, 0.3) is 11.5 Å². The van der Waals surface area contributed by atoms with Crippen molar-refractivity contribution in [3.63, 3.8) is 0 Å². The minimum absolute atomic E-state index is 0.0841. The largest absolute Gasteiger partial charge is 0.345 e. The summed E-state index contributed by atoms with van der Waals surface area (Å²) >= 11 is 0. The third-order valence-corrected chi connectivity index (χ3v) is 5.71. The van der Waals surface area contributed by atoms with Gasteiger partial charge in [-0.1, -0.05) is 42.5 Å². The second-order valence-electron chi connectivity index (χ2n) is 8.14. The Morgan fingerprint density at radius 1 is 0.941 bits per heavy atom. The van der Waals surface area contributed by atoms with Gasteiger partial charge in [0.1, 0.15) is 17.0 Å². The van der Waals surface area contributed by atoms with Gasteiger partial charge in [-0.25, -0.2) is 9.97 Å². The normalized spacial score (nSPS) is 12.1. The van der Waals surface area contributed by atoms with Crippen LogP contribution in [0.4, 0.5) is 0 Å². The molecule has 170 valence electrons. The number of imidazole rings is 1. The smallest absolute Gasteiger partial charge is 0.270 e. The van der Waals surface area contributed by atoms with Gasteiger partial charge in [0.2, 0.25) is 0 Å². The molecule has 0 saturated heterocycles. The maximum absolute atomic E-state index is 12.6. The fraction of sp³-hybridized carbons (Fsp3) is 0.154. The van der Waals surface area contributed by atoms with Crippen LogP contribution in [0, 0.1) is 0 Å². The fourth-order valence-corrected chi connectivity index (χ4v) is 3.84. The van der Waals surface area contributed by atoms with Crippen LogP contribution < -0.4 is 16.2 Å². The molecule has 1 aromatic carbocycles. The molecule has 0 spiro atoms. The van der Waals surface area contributed by atoms with Crippen molar-refractivity contribution in [2.75, 3.05) is 0 Å². The highest BCUT2D eigenvalue weighted by atomic mass is 16.2. The van der Waals surface area contributed by atoms with Crippen LogP contribution in [0.3, 0.4) is 0 Å². The van der Waals surface area contributed by atoms with Crippen molar-refractivity contribution >= 4 is 17.2 Å². The third kappa shape index (κ3) is 4.57. The van der Waals surface area contributed by atoms with Crippen LogP contribution in [0.2, 0.25) is 0 Å². The monoisotopic (exact) mass is 452 g/mol. The quantitative estimate of drug-likeness (QED) is 0.396. The number of rotatable bonds is 7. The van der Waals surface area contributed by atoms with E-state index in [-0.39, 0.29) is 23.8 Å². The molecule has 4 heterocycles. The molecule has 5 rings (SSSR count). The number of carbonyl (C=O) groups is 1. The SMILES string of the molecule is CC(NCc1ccc2nc(CNC(=O)c3cc(=O)n4ccccc4n3)cn2c1)c1ccccc1. The lowest BCUT2D eigenvalue weighted by molar-refractivity contribution is 0.0945. The lowest BCUT2D eigenvalue weighted by Gasteiger charge is -2.14. The van der Waals surface area contributed by atoms with Crippen LogP contribution in [-0.4, -0.2) is 24.7 Å². The zero-order chi connectivity index (χ0) is 23.5. The number of nitrogens with zero attached hydrogens (tertiary/aromatic N) is 4. The van der Waals surface area contributed by atoms with E-state index in [9.17, 15) is 9.59 Å². The molecule has 4 aromatic heterocycles. The number of carbonyl (C=O) groups excluding carboxylic acids is 1. The lowest BCUT2D eigenvalue weighted by atomic mass is 10.1. The van der Waals surface area contributed by atoms with Gasteiger partial charge in [-0.2, -0.15) is 0 Å². The summed E-state index contributed by atoms with van der Waals surface area (Å²) in [5.41, 5.74) is 4.10. The number of pyridine rings is 2. The van der Waals surface area contributed by atoms with Crippen molar-refractivity contribution in [1.82, 2.24) is 29.4 Å². The minimum Gasteiger partial charge on any atom is -0.345 e. The van der Waals surface area contributed by atoms with Gasteiger partial charge < -0.3 is 15.0 Å². The molecule has 0 aliphatic heterocycles. The first-order valence-electron chi connectivity index (χ1n) is 11.1. The van der Waals surface area contributed by atoms with Crippen LogP contribution in [0.25, 0.3) is 11.3 Å². The number of hydrogen-bond acceptors (Lipinski definition) is 5. The number of amides is 1. The Labute approximate surface area is 195 Å². The maximum atomic E-state index is 12.6. The van der Waals surface area contributed by atoms with E-state index in [1.807, 2.05) is 47.1 Å². The second kappa shape index (κ2) is 9.29. The number of fused-ring (bicyclic) bond motifs is 2. The molecule has 0 bridgehead atoms. The molecule has 0 radical (unpaired) electrons. The van der Waals surface area contributed by atoms with Crippen LogP contribution >= 0.6 is 0 Å². The third-order valence-electron chi connectivity index (χ3n) is 5.71. The number of hydrogen-bond donors (Lipinski definition) is 2.